The van der Waals surface area contributed by atoms with Gasteiger partial charge in [-0.1, -0.05) is 86.7 Å². The molecule has 0 saturated heterocycles. The number of aliphatic hydroxyl groups is 2. The van der Waals surface area contributed by atoms with Crippen molar-refractivity contribution in [3.63, 3.8) is 0 Å². The molecule has 0 aliphatic heterocycles. The lowest BCUT2D eigenvalue weighted by Crippen LogP contribution is -2.65. The van der Waals surface area contributed by atoms with Gasteiger partial charge in [0.25, 0.3) is 0 Å². The fraction of sp³-hybridized carbons (Fsp3) is 0.718. The van der Waals surface area contributed by atoms with Gasteiger partial charge in [0, 0.05) is 23.0 Å². The minimum Gasteiger partial charge on any atom is -0.388 e. The highest BCUT2D eigenvalue weighted by molar-refractivity contribution is 5.95. The zero-order valence-electron chi connectivity index (χ0n) is 28.9. The van der Waals surface area contributed by atoms with Crippen LogP contribution in [0.5, 0.6) is 0 Å². The molecule has 1 fully saturated rings. The SMILES string of the molecule is CC(=O)C1=C(C)CC2(C)CC3(C)Cc4c(C(C)C)cc(C#CCCC(C)(C)C(C)C)c(C)c4C(O)C3C(C)C2(C)C1O. The molecule has 0 aromatic heterocycles. The number of ketones is 1. The zero-order valence-corrected chi connectivity index (χ0v) is 28.9. The van der Waals surface area contributed by atoms with Crippen LogP contribution in [0.2, 0.25) is 0 Å². The van der Waals surface area contributed by atoms with E-state index in [9.17, 15) is 15.0 Å². The normalized spacial score (nSPS) is 34.5. The Kier molecular flexibility index (Phi) is 8.59. The molecule has 0 amide bonds. The number of fused-ring (bicyclic) bond motifs is 3. The molecule has 7 atom stereocenters. The third-order valence-corrected chi connectivity index (χ3v) is 13.0. The van der Waals surface area contributed by atoms with E-state index in [1.165, 1.54) is 11.1 Å². The Hall–Kier alpha value is -1.89. The van der Waals surface area contributed by atoms with Crippen LogP contribution in [0, 0.1) is 58.2 Å². The van der Waals surface area contributed by atoms with Crippen molar-refractivity contribution < 1.29 is 15.0 Å². The molecule has 3 heteroatoms. The smallest absolute Gasteiger partial charge is 0.158 e. The minimum atomic E-state index is -0.832. The Bertz CT molecular complexity index is 1350. The van der Waals surface area contributed by atoms with Gasteiger partial charge in [0.2, 0.25) is 0 Å². The van der Waals surface area contributed by atoms with E-state index >= 15 is 0 Å². The third kappa shape index (κ3) is 4.94. The Balaban J connectivity index is 1.82. The number of allylic oxidation sites excluding steroid dienone is 1. The highest BCUT2D eigenvalue weighted by Gasteiger charge is 2.67. The number of benzene rings is 1. The first-order chi connectivity index (χ1) is 19.2. The van der Waals surface area contributed by atoms with Gasteiger partial charge >= 0.3 is 0 Å². The molecule has 3 nitrogen and oxygen atoms in total. The Labute approximate surface area is 257 Å². The summed E-state index contributed by atoms with van der Waals surface area (Å²) in [5.74, 6) is 7.90. The summed E-state index contributed by atoms with van der Waals surface area (Å²) in [7, 11) is 0. The number of carbonyl (C=O) groups is 1. The van der Waals surface area contributed by atoms with Crippen LogP contribution in [0.25, 0.3) is 0 Å². The van der Waals surface area contributed by atoms with Crippen molar-refractivity contribution in [1.82, 2.24) is 0 Å². The van der Waals surface area contributed by atoms with Gasteiger partial charge in [0.15, 0.2) is 5.78 Å². The largest absolute Gasteiger partial charge is 0.388 e. The van der Waals surface area contributed by atoms with Crippen LogP contribution in [0.15, 0.2) is 17.2 Å². The van der Waals surface area contributed by atoms with Crippen LogP contribution in [0.1, 0.15) is 149 Å². The fourth-order valence-electron chi connectivity index (χ4n) is 9.63. The van der Waals surface area contributed by atoms with Gasteiger partial charge in [0.05, 0.1) is 12.2 Å². The molecule has 7 unspecified atom stereocenters. The molecule has 2 N–H and O–H groups in total. The maximum atomic E-state index is 12.7. The van der Waals surface area contributed by atoms with Crippen LogP contribution in [-0.2, 0) is 11.2 Å². The molecule has 0 spiro atoms. The summed E-state index contributed by atoms with van der Waals surface area (Å²) in [5.41, 5.74) is 6.88. The number of Topliss-reactive ketones (excluding diaryl/α,β-unsaturated/α-hetero) is 1. The highest BCUT2D eigenvalue weighted by Crippen LogP contribution is 2.71. The van der Waals surface area contributed by atoms with Crippen molar-refractivity contribution in [3.05, 3.63) is 45.0 Å². The van der Waals surface area contributed by atoms with Crippen LogP contribution >= 0.6 is 0 Å². The predicted molar refractivity (Wildman–Crippen MR) is 174 cm³/mol. The molecule has 0 bridgehead atoms. The van der Waals surface area contributed by atoms with E-state index < -0.39 is 17.6 Å². The number of hydrogen-bond acceptors (Lipinski definition) is 3. The summed E-state index contributed by atoms with van der Waals surface area (Å²) in [4.78, 5) is 12.7. The summed E-state index contributed by atoms with van der Waals surface area (Å²) in [5, 5.41) is 24.3. The lowest BCUT2D eigenvalue weighted by molar-refractivity contribution is -0.207. The number of hydrogen-bond donors (Lipinski definition) is 2. The second kappa shape index (κ2) is 10.9. The highest BCUT2D eigenvalue weighted by atomic mass is 16.3. The average Bonchev–Trinajstić information content (AvgIpc) is 2.84. The van der Waals surface area contributed by atoms with E-state index in [-0.39, 0.29) is 33.9 Å². The summed E-state index contributed by atoms with van der Waals surface area (Å²) in [6.45, 7) is 28.6. The topological polar surface area (TPSA) is 57.5 Å². The van der Waals surface area contributed by atoms with Crippen molar-refractivity contribution in [2.75, 3.05) is 0 Å². The molecular formula is C39H58O3. The van der Waals surface area contributed by atoms with E-state index in [1.807, 2.05) is 6.92 Å². The Morgan fingerprint density at radius 2 is 1.71 bits per heavy atom. The molecule has 1 aromatic carbocycles. The molecule has 3 aliphatic rings. The third-order valence-electron chi connectivity index (χ3n) is 13.0. The van der Waals surface area contributed by atoms with Crippen LogP contribution in [0.4, 0.5) is 0 Å². The minimum absolute atomic E-state index is 0.0109. The van der Waals surface area contributed by atoms with Gasteiger partial charge in [-0.15, -0.1) is 0 Å². The first-order valence-electron chi connectivity index (χ1n) is 16.5. The Morgan fingerprint density at radius 1 is 1.10 bits per heavy atom. The van der Waals surface area contributed by atoms with E-state index in [0.717, 1.165) is 54.4 Å². The molecule has 232 valence electrons. The van der Waals surface area contributed by atoms with E-state index in [2.05, 4.69) is 94.1 Å². The number of aliphatic hydroxyl groups excluding tert-OH is 2. The second-order valence-electron chi connectivity index (χ2n) is 16.6. The van der Waals surface area contributed by atoms with Crippen LogP contribution in [0.3, 0.4) is 0 Å². The molecule has 4 rings (SSSR count). The van der Waals surface area contributed by atoms with Gasteiger partial charge < -0.3 is 10.2 Å². The first kappa shape index (κ1) is 33.0. The molecular weight excluding hydrogens is 516 g/mol. The molecule has 3 aliphatic carbocycles. The lowest BCUT2D eigenvalue weighted by Gasteiger charge is -2.68. The first-order valence-corrected chi connectivity index (χ1v) is 16.5. The van der Waals surface area contributed by atoms with Gasteiger partial charge in [-0.3, -0.25) is 4.79 Å². The van der Waals surface area contributed by atoms with Gasteiger partial charge in [-0.2, -0.15) is 0 Å². The summed E-state index contributed by atoms with van der Waals surface area (Å²) < 4.78 is 0. The lowest BCUT2D eigenvalue weighted by atomic mass is 9.37. The zero-order chi connectivity index (χ0) is 31.7. The van der Waals surface area contributed by atoms with Gasteiger partial charge in [-0.25, -0.2) is 0 Å². The van der Waals surface area contributed by atoms with E-state index in [4.69, 9.17) is 0 Å². The summed E-state index contributed by atoms with van der Waals surface area (Å²) in [6, 6.07) is 2.31. The molecule has 42 heavy (non-hydrogen) atoms. The summed E-state index contributed by atoms with van der Waals surface area (Å²) in [6.07, 6.45) is 3.09. The van der Waals surface area contributed by atoms with Crippen molar-refractivity contribution in [2.24, 2.45) is 39.4 Å². The summed E-state index contributed by atoms with van der Waals surface area (Å²) >= 11 is 0. The second-order valence-corrected chi connectivity index (χ2v) is 16.6. The maximum Gasteiger partial charge on any atom is 0.158 e. The van der Waals surface area contributed by atoms with Crippen LogP contribution < -0.4 is 0 Å². The van der Waals surface area contributed by atoms with Crippen molar-refractivity contribution in [2.45, 2.75) is 140 Å². The van der Waals surface area contributed by atoms with Gasteiger partial charge in [-0.05, 0) is 115 Å². The molecule has 1 saturated carbocycles. The predicted octanol–water partition coefficient (Wildman–Crippen LogP) is 8.87. The van der Waals surface area contributed by atoms with Crippen molar-refractivity contribution in [3.8, 4) is 11.8 Å². The van der Waals surface area contributed by atoms with Crippen LogP contribution in [-0.4, -0.2) is 22.1 Å². The molecule has 0 radical (unpaired) electrons. The fourth-order valence-corrected chi connectivity index (χ4v) is 9.63. The number of rotatable bonds is 5. The Morgan fingerprint density at radius 3 is 2.26 bits per heavy atom. The number of carbonyl (C=O) groups excluding carboxylic acids is 1. The van der Waals surface area contributed by atoms with Crippen molar-refractivity contribution >= 4 is 5.78 Å². The molecule has 0 heterocycles. The van der Waals surface area contributed by atoms with E-state index in [1.54, 1.807) is 6.92 Å². The quantitative estimate of drug-likeness (QED) is 0.345. The maximum absolute atomic E-state index is 12.7. The average molecular weight is 575 g/mol. The van der Waals surface area contributed by atoms with Gasteiger partial charge in [0.1, 0.15) is 0 Å². The van der Waals surface area contributed by atoms with E-state index in [0.29, 0.717) is 17.4 Å². The molecule has 1 aromatic rings. The standard InChI is InChI=1S/C39H58O3/c1-22(2)29-18-28(16-14-15-17-36(9,10)23(3)4)25(6)32-30(29)20-37(11)21-38(12)19-24(5)31(27(8)40)35(42)39(38,13)26(7)33(37)34(32)41/h18,22-23,26,33-35,41-42H,15,17,19-21H2,1-13H3. The van der Waals surface area contributed by atoms with Crippen molar-refractivity contribution in [1.29, 1.82) is 0 Å². The monoisotopic (exact) mass is 574 g/mol.